The van der Waals surface area contributed by atoms with Crippen molar-refractivity contribution in [1.82, 2.24) is 19.8 Å². The number of piperidine rings is 1. The lowest BCUT2D eigenvalue weighted by molar-refractivity contribution is -0.145. The predicted octanol–water partition coefficient (Wildman–Crippen LogP) is 2.58. The molecule has 1 aliphatic heterocycles. The molecule has 7 heteroatoms. The molecule has 124 valence electrons. The minimum atomic E-state index is -4.48. The van der Waals surface area contributed by atoms with Crippen molar-refractivity contribution < 1.29 is 13.2 Å². The monoisotopic (exact) mass is 316 g/mol. The summed E-state index contributed by atoms with van der Waals surface area (Å²) in [5.41, 5.74) is 1.15. The highest BCUT2D eigenvalue weighted by Crippen LogP contribution is 2.26. The van der Waals surface area contributed by atoms with E-state index in [1.165, 1.54) is 19.0 Å². The maximum absolute atomic E-state index is 12.6. The molecule has 1 unspecified atom stereocenters. The van der Waals surface area contributed by atoms with Gasteiger partial charge in [0, 0.05) is 37.1 Å². The summed E-state index contributed by atoms with van der Waals surface area (Å²) in [7, 11) is 4.12. The van der Waals surface area contributed by atoms with E-state index in [4.69, 9.17) is 0 Å². The summed E-state index contributed by atoms with van der Waals surface area (Å²) in [5.74, 6) is -0.454. The van der Waals surface area contributed by atoms with Gasteiger partial charge in [0.25, 0.3) is 0 Å². The molecule has 0 N–H and O–H groups in total. The number of aryl methyl sites for hydroxylation is 1. The third-order valence-corrected chi connectivity index (χ3v) is 4.07. The fraction of sp³-hybridized carbons (Fsp3) is 0.733. The van der Waals surface area contributed by atoms with Crippen LogP contribution in [0.15, 0.2) is 6.20 Å². The molecule has 0 amide bonds. The summed E-state index contributed by atoms with van der Waals surface area (Å²) in [6, 6.07) is 0. The number of halogens is 3. The lowest BCUT2D eigenvalue weighted by Gasteiger charge is -2.32. The molecule has 1 saturated heterocycles. The van der Waals surface area contributed by atoms with E-state index in [9.17, 15) is 13.2 Å². The van der Waals surface area contributed by atoms with E-state index >= 15 is 0 Å². The maximum atomic E-state index is 12.6. The number of alkyl halides is 3. The molecule has 1 fully saturated rings. The average molecular weight is 316 g/mol. The van der Waals surface area contributed by atoms with Gasteiger partial charge in [0.05, 0.1) is 0 Å². The summed E-state index contributed by atoms with van der Waals surface area (Å²) >= 11 is 0. The summed E-state index contributed by atoms with van der Waals surface area (Å²) in [5, 5.41) is 0. The molecule has 22 heavy (non-hydrogen) atoms. The van der Waals surface area contributed by atoms with Crippen LogP contribution in [0.5, 0.6) is 0 Å². The normalized spacial score (nSPS) is 20.6. The second kappa shape index (κ2) is 6.91. The van der Waals surface area contributed by atoms with Crippen LogP contribution in [0, 0.1) is 12.8 Å². The Labute approximate surface area is 129 Å². The summed E-state index contributed by atoms with van der Waals surface area (Å²) in [4.78, 5) is 11.5. The van der Waals surface area contributed by atoms with Crippen molar-refractivity contribution in [2.45, 2.75) is 32.5 Å². The first-order valence-electron chi connectivity index (χ1n) is 7.52. The molecule has 0 saturated carbocycles. The zero-order valence-electron chi connectivity index (χ0n) is 13.3. The molecule has 0 bridgehead atoms. The van der Waals surface area contributed by atoms with Crippen LogP contribution in [0.4, 0.5) is 13.2 Å². The summed E-state index contributed by atoms with van der Waals surface area (Å²) < 4.78 is 37.7. The fourth-order valence-corrected chi connectivity index (χ4v) is 3.00. The van der Waals surface area contributed by atoms with Crippen molar-refractivity contribution in [3.05, 3.63) is 23.3 Å². The van der Waals surface area contributed by atoms with Crippen LogP contribution in [0.3, 0.4) is 0 Å². The minimum absolute atomic E-state index is 0.398. The zero-order chi connectivity index (χ0) is 16.3. The van der Waals surface area contributed by atoms with E-state index in [-0.39, 0.29) is 0 Å². The SMILES string of the molecule is Cc1nc(C(F)(F)F)ncc1CN(C)CC1CCCN(C)C1. The Hall–Kier alpha value is -1.21. The molecule has 1 aromatic heterocycles. The molecule has 0 aliphatic carbocycles. The van der Waals surface area contributed by atoms with Crippen LogP contribution in [0.2, 0.25) is 0 Å². The van der Waals surface area contributed by atoms with Crippen LogP contribution in [-0.2, 0) is 12.7 Å². The van der Waals surface area contributed by atoms with Crippen molar-refractivity contribution in [2.75, 3.05) is 33.7 Å². The van der Waals surface area contributed by atoms with Crippen LogP contribution < -0.4 is 0 Å². The Balaban J connectivity index is 1.95. The molecule has 2 heterocycles. The third kappa shape index (κ3) is 4.64. The highest BCUT2D eigenvalue weighted by atomic mass is 19.4. The number of nitrogens with zero attached hydrogens (tertiary/aromatic N) is 4. The number of hydrogen-bond acceptors (Lipinski definition) is 4. The molecule has 0 radical (unpaired) electrons. The summed E-state index contributed by atoms with van der Waals surface area (Å²) in [6.45, 7) is 5.34. The first-order valence-corrected chi connectivity index (χ1v) is 7.52. The van der Waals surface area contributed by atoms with Crippen LogP contribution in [0.25, 0.3) is 0 Å². The van der Waals surface area contributed by atoms with E-state index in [1.54, 1.807) is 6.92 Å². The highest BCUT2D eigenvalue weighted by Gasteiger charge is 2.34. The summed E-state index contributed by atoms with van der Waals surface area (Å²) in [6.07, 6.45) is -0.773. The topological polar surface area (TPSA) is 32.3 Å². The van der Waals surface area contributed by atoms with Crippen molar-refractivity contribution >= 4 is 0 Å². The van der Waals surface area contributed by atoms with Gasteiger partial charge in [-0.2, -0.15) is 13.2 Å². The fourth-order valence-electron chi connectivity index (χ4n) is 3.00. The van der Waals surface area contributed by atoms with Crippen molar-refractivity contribution in [3.63, 3.8) is 0 Å². The van der Waals surface area contributed by atoms with Crippen molar-refractivity contribution in [2.24, 2.45) is 5.92 Å². The number of hydrogen-bond donors (Lipinski definition) is 0. The van der Waals surface area contributed by atoms with Gasteiger partial charge in [-0.05, 0) is 46.3 Å². The first kappa shape index (κ1) is 17.1. The second-order valence-electron chi connectivity index (χ2n) is 6.27. The van der Waals surface area contributed by atoms with E-state index in [1.807, 2.05) is 7.05 Å². The van der Waals surface area contributed by atoms with Gasteiger partial charge in [-0.25, -0.2) is 9.97 Å². The number of aromatic nitrogens is 2. The predicted molar refractivity (Wildman–Crippen MR) is 78.3 cm³/mol. The van der Waals surface area contributed by atoms with E-state index in [0.717, 1.165) is 25.2 Å². The van der Waals surface area contributed by atoms with Crippen LogP contribution in [-0.4, -0.2) is 53.5 Å². The molecule has 0 spiro atoms. The molecule has 0 aromatic carbocycles. The lowest BCUT2D eigenvalue weighted by atomic mass is 9.98. The van der Waals surface area contributed by atoms with Gasteiger partial charge < -0.3 is 9.80 Å². The highest BCUT2D eigenvalue weighted by molar-refractivity contribution is 5.16. The van der Waals surface area contributed by atoms with Crippen molar-refractivity contribution in [3.8, 4) is 0 Å². The Morgan fingerprint density at radius 1 is 1.41 bits per heavy atom. The number of rotatable bonds is 4. The maximum Gasteiger partial charge on any atom is 0.451 e. The Bertz CT molecular complexity index is 504. The van der Waals surface area contributed by atoms with E-state index in [2.05, 4.69) is 26.8 Å². The van der Waals surface area contributed by atoms with Gasteiger partial charge in [0.15, 0.2) is 0 Å². The van der Waals surface area contributed by atoms with Gasteiger partial charge in [0.1, 0.15) is 0 Å². The molecule has 1 aromatic rings. The van der Waals surface area contributed by atoms with Gasteiger partial charge in [0.2, 0.25) is 5.82 Å². The molecule has 1 atom stereocenters. The van der Waals surface area contributed by atoms with E-state index in [0.29, 0.717) is 18.2 Å². The quantitative estimate of drug-likeness (QED) is 0.855. The molecule has 1 aliphatic rings. The van der Waals surface area contributed by atoms with Crippen LogP contribution in [0.1, 0.15) is 29.9 Å². The van der Waals surface area contributed by atoms with Gasteiger partial charge in [-0.15, -0.1) is 0 Å². The van der Waals surface area contributed by atoms with Gasteiger partial charge >= 0.3 is 6.18 Å². The minimum Gasteiger partial charge on any atom is -0.306 e. The lowest BCUT2D eigenvalue weighted by Crippen LogP contribution is -2.37. The zero-order valence-corrected chi connectivity index (χ0v) is 13.3. The smallest absolute Gasteiger partial charge is 0.306 e. The molecular weight excluding hydrogens is 293 g/mol. The molecule has 4 nitrogen and oxygen atoms in total. The first-order chi connectivity index (χ1) is 10.3. The molecule has 2 rings (SSSR count). The second-order valence-corrected chi connectivity index (χ2v) is 6.27. The molecular formula is C15H23F3N4. The average Bonchev–Trinajstić information content (AvgIpc) is 2.39. The number of likely N-dealkylation sites (tertiary alicyclic amines) is 1. The Morgan fingerprint density at radius 3 is 2.73 bits per heavy atom. The van der Waals surface area contributed by atoms with E-state index < -0.39 is 12.0 Å². The van der Waals surface area contributed by atoms with Crippen LogP contribution >= 0.6 is 0 Å². The largest absolute Gasteiger partial charge is 0.451 e. The van der Waals surface area contributed by atoms with Gasteiger partial charge in [-0.3, -0.25) is 0 Å². The Morgan fingerprint density at radius 2 is 2.14 bits per heavy atom. The van der Waals surface area contributed by atoms with Gasteiger partial charge in [-0.1, -0.05) is 0 Å². The Kier molecular flexibility index (Phi) is 5.39. The standard InChI is InChI=1S/C15H23F3N4/c1-11-13(7-19-14(20-11)15(16,17)18)10-22(3)9-12-5-4-6-21(2)8-12/h7,12H,4-6,8-10H2,1-3H3. The van der Waals surface area contributed by atoms with Crippen molar-refractivity contribution in [1.29, 1.82) is 0 Å². The third-order valence-electron chi connectivity index (χ3n) is 4.07.